The van der Waals surface area contributed by atoms with E-state index in [4.69, 9.17) is 4.74 Å². The van der Waals surface area contributed by atoms with Crippen molar-refractivity contribution < 1.29 is 9.53 Å². The lowest BCUT2D eigenvalue weighted by molar-refractivity contribution is -0.136. The standard InChI is InChI=1S/C18H22N2O2S/c21-17(9-12-22-14-15-6-2-1-3-7-15)20-11-5-4-8-16(20)18-19-10-13-23-18/h1-3,6-7,10,13,16H,4-5,8-9,11-12,14H2/t16-/m0/s1. The largest absolute Gasteiger partial charge is 0.376 e. The average molecular weight is 330 g/mol. The fourth-order valence-corrected chi connectivity index (χ4v) is 3.74. The van der Waals surface area contributed by atoms with Crippen molar-refractivity contribution in [3.63, 3.8) is 0 Å². The molecule has 0 radical (unpaired) electrons. The van der Waals surface area contributed by atoms with Crippen LogP contribution in [0.1, 0.15) is 42.3 Å². The molecule has 1 aliphatic heterocycles. The maximum Gasteiger partial charge on any atom is 0.225 e. The van der Waals surface area contributed by atoms with Gasteiger partial charge in [-0.1, -0.05) is 30.3 Å². The predicted octanol–water partition coefficient (Wildman–Crippen LogP) is 3.80. The molecule has 122 valence electrons. The minimum Gasteiger partial charge on any atom is -0.376 e. The Kier molecular flexibility index (Phi) is 5.77. The summed E-state index contributed by atoms with van der Waals surface area (Å²) in [5.74, 6) is 0.179. The second-order valence-electron chi connectivity index (χ2n) is 5.76. The fraction of sp³-hybridized carbons (Fsp3) is 0.444. The third kappa shape index (κ3) is 4.39. The number of aromatic nitrogens is 1. The second-order valence-corrected chi connectivity index (χ2v) is 6.68. The molecule has 0 aliphatic carbocycles. The van der Waals surface area contributed by atoms with Crippen LogP contribution in [0.2, 0.25) is 0 Å². The monoisotopic (exact) mass is 330 g/mol. The molecule has 0 saturated carbocycles. The van der Waals surface area contributed by atoms with Gasteiger partial charge in [0.25, 0.3) is 0 Å². The summed E-state index contributed by atoms with van der Waals surface area (Å²) in [5, 5.41) is 3.04. The van der Waals surface area contributed by atoms with Gasteiger partial charge in [-0.2, -0.15) is 0 Å². The van der Waals surface area contributed by atoms with E-state index < -0.39 is 0 Å². The van der Waals surface area contributed by atoms with Crippen molar-refractivity contribution in [3.05, 3.63) is 52.5 Å². The molecule has 1 saturated heterocycles. The quantitative estimate of drug-likeness (QED) is 0.757. The normalized spacial score (nSPS) is 18.1. The number of piperidine rings is 1. The number of rotatable bonds is 6. The SMILES string of the molecule is O=C(CCOCc1ccccc1)N1CCCC[C@H]1c1nccs1. The summed E-state index contributed by atoms with van der Waals surface area (Å²) in [7, 11) is 0. The molecular formula is C18H22N2O2S. The predicted molar refractivity (Wildman–Crippen MR) is 91.1 cm³/mol. The molecule has 2 aromatic rings. The number of amides is 1. The van der Waals surface area contributed by atoms with Gasteiger partial charge in [-0.05, 0) is 24.8 Å². The van der Waals surface area contributed by atoms with Gasteiger partial charge < -0.3 is 9.64 Å². The molecule has 1 aromatic carbocycles. The van der Waals surface area contributed by atoms with E-state index in [2.05, 4.69) is 4.98 Å². The van der Waals surface area contributed by atoms with Gasteiger partial charge in [-0.25, -0.2) is 4.98 Å². The van der Waals surface area contributed by atoms with E-state index in [1.165, 1.54) is 6.42 Å². The Hall–Kier alpha value is -1.72. The second kappa shape index (κ2) is 8.22. The van der Waals surface area contributed by atoms with Crippen molar-refractivity contribution in [2.75, 3.05) is 13.2 Å². The molecule has 1 aromatic heterocycles. The van der Waals surface area contributed by atoms with Crippen molar-refractivity contribution in [2.45, 2.75) is 38.3 Å². The smallest absolute Gasteiger partial charge is 0.225 e. The van der Waals surface area contributed by atoms with Crippen LogP contribution in [-0.2, 0) is 16.1 Å². The van der Waals surface area contributed by atoms with Gasteiger partial charge in [0.05, 0.1) is 25.7 Å². The van der Waals surface area contributed by atoms with E-state index in [-0.39, 0.29) is 11.9 Å². The maximum atomic E-state index is 12.5. The number of hydrogen-bond donors (Lipinski definition) is 0. The van der Waals surface area contributed by atoms with E-state index in [1.807, 2.05) is 46.8 Å². The molecule has 1 aliphatic rings. The van der Waals surface area contributed by atoms with E-state index in [0.29, 0.717) is 19.6 Å². The zero-order chi connectivity index (χ0) is 15.9. The number of nitrogens with zero attached hydrogens (tertiary/aromatic N) is 2. The van der Waals surface area contributed by atoms with Crippen molar-refractivity contribution in [1.29, 1.82) is 0 Å². The Balaban J connectivity index is 1.48. The zero-order valence-corrected chi connectivity index (χ0v) is 14.0. The molecule has 0 unspecified atom stereocenters. The summed E-state index contributed by atoms with van der Waals surface area (Å²) in [4.78, 5) is 18.9. The molecule has 5 heteroatoms. The third-order valence-corrected chi connectivity index (χ3v) is 5.01. The number of likely N-dealkylation sites (tertiary alicyclic amines) is 1. The van der Waals surface area contributed by atoms with Gasteiger partial charge >= 0.3 is 0 Å². The first-order valence-electron chi connectivity index (χ1n) is 8.15. The number of thiazole rings is 1. The molecule has 0 bridgehead atoms. The number of carbonyl (C=O) groups excluding carboxylic acids is 1. The van der Waals surface area contributed by atoms with Crippen LogP contribution in [0.5, 0.6) is 0 Å². The van der Waals surface area contributed by atoms with Crippen LogP contribution in [0, 0.1) is 0 Å². The average Bonchev–Trinajstić information content (AvgIpc) is 3.14. The number of benzene rings is 1. The lowest BCUT2D eigenvalue weighted by atomic mass is 10.0. The van der Waals surface area contributed by atoms with Crippen LogP contribution in [0.4, 0.5) is 0 Å². The van der Waals surface area contributed by atoms with E-state index in [9.17, 15) is 4.79 Å². The van der Waals surface area contributed by atoms with Crippen LogP contribution >= 0.6 is 11.3 Å². The highest BCUT2D eigenvalue weighted by Crippen LogP contribution is 2.32. The number of carbonyl (C=O) groups is 1. The van der Waals surface area contributed by atoms with E-state index in [1.54, 1.807) is 11.3 Å². The van der Waals surface area contributed by atoms with Crippen LogP contribution in [0.25, 0.3) is 0 Å². The van der Waals surface area contributed by atoms with Gasteiger partial charge in [0.15, 0.2) is 0 Å². The van der Waals surface area contributed by atoms with Gasteiger partial charge in [-0.15, -0.1) is 11.3 Å². The van der Waals surface area contributed by atoms with Crippen molar-refractivity contribution >= 4 is 17.2 Å². The Morgan fingerprint density at radius 3 is 2.96 bits per heavy atom. The topological polar surface area (TPSA) is 42.4 Å². The molecule has 1 amide bonds. The first-order chi connectivity index (χ1) is 11.3. The van der Waals surface area contributed by atoms with Crippen molar-refractivity contribution in [3.8, 4) is 0 Å². The van der Waals surface area contributed by atoms with Gasteiger partial charge in [0.1, 0.15) is 5.01 Å². The summed E-state index contributed by atoms with van der Waals surface area (Å²) < 4.78 is 5.65. The van der Waals surface area contributed by atoms with Crippen LogP contribution in [0.15, 0.2) is 41.9 Å². The van der Waals surface area contributed by atoms with Crippen LogP contribution in [0.3, 0.4) is 0 Å². The summed E-state index contributed by atoms with van der Waals surface area (Å²) >= 11 is 1.64. The molecule has 1 atom stereocenters. The Morgan fingerprint density at radius 1 is 1.30 bits per heavy atom. The molecule has 23 heavy (non-hydrogen) atoms. The zero-order valence-electron chi connectivity index (χ0n) is 13.2. The van der Waals surface area contributed by atoms with Crippen molar-refractivity contribution in [2.24, 2.45) is 0 Å². The molecule has 2 heterocycles. The molecule has 1 fully saturated rings. The highest BCUT2D eigenvalue weighted by molar-refractivity contribution is 7.09. The highest BCUT2D eigenvalue weighted by Gasteiger charge is 2.29. The molecule has 4 nitrogen and oxygen atoms in total. The highest BCUT2D eigenvalue weighted by atomic mass is 32.1. The van der Waals surface area contributed by atoms with Gasteiger partial charge in [0.2, 0.25) is 5.91 Å². The van der Waals surface area contributed by atoms with Gasteiger partial charge in [-0.3, -0.25) is 4.79 Å². The minimum absolute atomic E-state index is 0.158. The van der Waals surface area contributed by atoms with Crippen LogP contribution < -0.4 is 0 Å². The molecule has 0 N–H and O–H groups in total. The summed E-state index contributed by atoms with van der Waals surface area (Å²) in [6.07, 6.45) is 5.52. The number of hydrogen-bond acceptors (Lipinski definition) is 4. The van der Waals surface area contributed by atoms with Crippen molar-refractivity contribution in [1.82, 2.24) is 9.88 Å². The van der Waals surface area contributed by atoms with E-state index in [0.717, 1.165) is 30.0 Å². The Bertz CT molecular complexity index is 601. The minimum atomic E-state index is 0.158. The Labute approximate surface area is 141 Å². The van der Waals surface area contributed by atoms with Gasteiger partial charge in [0, 0.05) is 18.1 Å². The summed E-state index contributed by atoms with van der Waals surface area (Å²) in [5.41, 5.74) is 1.14. The molecule has 0 spiro atoms. The fourth-order valence-electron chi connectivity index (χ4n) is 2.95. The lowest BCUT2D eigenvalue weighted by Gasteiger charge is -2.34. The maximum absolute atomic E-state index is 12.5. The summed E-state index contributed by atoms with van der Waals surface area (Å²) in [6, 6.07) is 10.2. The molecule has 3 rings (SSSR count). The summed E-state index contributed by atoms with van der Waals surface area (Å²) in [6.45, 7) is 1.86. The molecular weight excluding hydrogens is 308 g/mol. The van der Waals surface area contributed by atoms with E-state index >= 15 is 0 Å². The first kappa shape index (κ1) is 16.1. The van der Waals surface area contributed by atoms with Crippen LogP contribution in [-0.4, -0.2) is 28.9 Å². The third-order valence-electron chi connectivity index (χ3n) is 4.13. The lowest BCUT2D eigenvalue weighted by Crippen LogP contribution is -2.38. The Morgan fingerprint density at radius 2 is 2.17 bits per heavy atom. The number of ether oxygens (including phenoxy) is 1. The first-order valence-corrected chi connectivity index (χ1v) is 9.03.